The Balaban J connectivity index is 1.45. The van der Waals surface area contributed by atoms with Crippen molar-refractivity contribution >= 4 is 5.78 Å². The summed E-state index contributed by atoms with van der Waals surface area (Å²) >= 11 is 0. The highest BCUT2D eigenvalue weighted by atomic mass is 16.1. The summed E-state index contributed by atoms with van der Waals surface area (Å²) in [6, 6.07) is 18.2. The third kappa shape index (κ3) is 8.57. The second-order valence-electron chi connectivity index (χ2n) is 9.01. The maximum Gasteiger partial charge on any atom is 0.231 e. The molecular formula is C30H39N2O+. The van der Waals surface area contributed by atoms with Crippen LogP contribution in [0.5, 0.6) is 0 Å². The van der Waals surface area contributed by atoms with Gasteiger partial charge in [-0.05, 0) is 30.5 Å². The molecule has 33 heavy (non-hydrogen) atoms. The summed E-state index contributed by atoms with van der Waals surface area (Å²) < 4.78 is 1.99. The Morgan fingerprint density at radius 3 is 2.09 bits per heavy atom. The monoisotopic (exact) mass is 443 g/mol. The first-order chi connectivity index (χ1) is 16.3. The van der Waals surface area contributed by atoms with Gasteiger partial charge in [-0.1, -0.05) is 107 Å². The van der Waals surface area contributed by atoms with Gasteiger partial charge in [-0.25, -0.2) is 0 Å². The molecule has 174 valence electrons. The van der Waals surface area contributed by atoms with Crippen LogP contribution in [0, 0.1) is 0 Å². The molecule has 3 nitrogen and oxygen atoms in total. The topological polar surface area (TPSA) is 33.8 Å². The number of rotatable bonds is 15. The first kappa shape index (κ1) is 24.8. The van der Waals surface area contributed by atoms with Crippen molar-refractivity contribution < 1.29 is 9.36 Å². The van der Waals surface area contributed by atoms with Crippen LogP contribution in [0.15, 0.2) is 73.2 Å². The van der Waals surface area contributed by atoms with E-state index in [1.165, 1.54) is 69.8 Å². The maximum atomic E-state index is 12.7. The van der Waals surface area contributed by atoms with Crippen molar-refractivity contribution in [2.75, 3.05) is 0 Å². The van der Waals surface area contributed by atoms with Gasteiger partial charge in [0.1, 0.15) is 0 Å². The molecule has 0 amide bonds. The van der Waals surface area contributed by atoms with Crippen molar-refractivity contribution in [3.8, 4) is 11.3 Å². The first-order valence-electron chi connectivity index (χ1n) is 12.8. The number of carbonyl (C=O) groups excluding carboxylic acids is 1. The van der Waals surface area contributed by atoms with Gasteiger partial charge < -0.3 is 0 Å². The lowest BCUT2D eigenvalue weighted by Crippen LogP contribution is -2.40. The van der Waals surface area contributed by atoms with E-state index in [1.54, 1.807) is 6.20 Å². The van der Waals surface area contributed by atoms with Gasteiger partial charge in [0.25, 0.3) is 0 Å². The number of ketones is 1. The van der Waals surface area contributed by atoms with E-state index in [1.807, 2.05) is 47.3 Å². The zero-order valence-corrected chi connectivity index (χ0v) is 20.2. The largest absolute Gasteiger partial charge is 0.287 e. The summed E-state index contributed by atoms with van der Waals surface area (Å²) in [5, 5.41) is 0. The molecule has 0 aliphatic rings. The van der Waals surface area contributed by atoms with Gasteiger partial charge in [0.15, 0.2) is 6.20 Å². The van der Waals surface area contributed by atoms with Crippen molar-refractivity contribution in [1.29, 1.82) is 0 Å². The first-order valence-corrected chi connectivity index (χ1v) is 12.8. The molecule has 3 aromatic rings. The van der Waals surface area contributed by atoms with E-state index in [-0.39, 0.29) is 5.78 Å². The van der Waals surface area contributed by atoms with E-state index in [0.29, 0.717) is 6.54 Å². The molecule has 2 aromatic carbocycles. The number of carbonyl (C=O) groups is 1. The van der Waals surface area contributed by atoms with Crippen LogP contribution in [0.2, 0.25) is 0 Å². The summed E-state index contributed by atoms with van der Waals surface area (Å²) in [5.41, 5.74) is 4.18. The Hall–Kier alpha value is -2.81. The van der Waals surface area contributed by atoms with Crippen molar-refractivity contribution in [1.82, 2.24) is 4.98 Å². The predicted octanol–water partition coefficient (Wildman–Crippen LogP) is 7.38. The molecule has 0 aliphatic carbocycles. The van der Waals surface area contributed by atoms with Gasteiger partial charge in [-0.15, -0.1) is 0 Å². The molecule has 1 aromatic heterocycles. The number of nitrogens with zero attached hydrogens (tertiary/aromatic N) is 2. The number of aromatic nitrogens is 2. The lowest BCUT2D eigenvalue weighted by atomic mass is 10.0. The smallest absolute Gasteiger partial charge is 0.231 e. The van der Waals surface area contributed by atoms with E-state index >= 15 is 0 Å². The molecule has 0 saturated heterocycles. The minimum absolute atomic E-state index is 0.102. The Labute approximate surface area is 199 Å². The molecule has 0 atom stereocenters. The maximum absolute atomic E-state index is 12.7. The summed E-state index contributed by atoms with van der Waals surface area (Å²) in [4.78, 5) is 17.0. The Kier molecular flexibility index (Phi) is 10.8. The fourth-order valence-electron chi connectivity index (χ4n) is 4.29. The van der Waals surface area contributed by atoms with Crippen LogP contribution in [0.4, 0.5) is 0 Å². The molecule has 1 heterocycles. The minimum Gasteiger partial charge on any atom is -0.287 e. The third-order valence-corrected chi connectivity index (χ3v) is 6.32. The SMILES string of the molecule is CCCCCCCCCCCCc1ccc(-c2cncc[n+]2CC(=O)c2ccccc2)cc1. The molecule has 0 spiro atoms. The third-order valence-electron chi connectivity index (χ3n) is 6.32. The number of benzene rings is 2. The van der Waals surface area contributed by atoms with Crippen LogP contribution < -0.4 is 4.57 Å². The minimum atomic E-state index is 0.102. The van der Waals surface area contributed by atoms with Crippen LogP contribution in [0.1, 0.15) is 87.1 Å². The predicted molar refractivity (Wildman–Crippen MR) is 136 cm³/mol. The summed E-state index contributed by atoms with van der Waals surface area (Å²) in [6.45, 7) is 2.58. The van der Waals surface area contributed by atoms with Crippen molar-refractivity contribution in [3.63, 3.8) is 0 Å². The number of hydrogen-bond donors (Lipinski definition) is 0. The quantitative estimate of drug-likeness (QED) is 0.139. The molecule has 0 aliphatic heterocycles. The summed E-state index contributed by atoms with van der Waals surface area (Å²) in [7, 11) is 0. The average molecular weight is 444 g/mol. The Morgan fingerprint density at radius 2 is 1.42 bits per heavy atom. The molecule has 0 N–H and O–H groups in total. The fraction of sp³-hybridized carbons (Fsp3) is 0.433. The molecule has 0 unspecified atom stereocenters. The van der Waals surface area contributed by atoms with E-state index in [9.17, 15) is 4.79 Å². The number of Topliss-reactive ketones (excluding diaryl/α,β-unsaturated/α-hetero) is 1. The van der Waals surface area contributed by atoms with Crippen LogP contribution in [0.25, 0.3) is 11.3 Å². The lowest BCUT2D eigenvalue weighted by Gasteiger charge is -2.06. The van der Waals surface area contributed by atoms with Crippen molar-refractivity contribution in [2.45, 2.75) is 84.1 Å². The number of unbranched alkanes of at least 4 members (excludes halogenated alkanes) is 9. The highest BCUT2D eigenvalue weighted by Crippen LogP contribution is 2.18. The second kappa shape index (κ2) is 14.4. The zero-order valence-electron chi connectivity index (χ0n) is 20.2. The molecule has 3 rings (SSSR count). The Morgan fingerprint density at radius 1 is 0.788 bits per heavy atom. The van der Waals surface area contributed by atoms with Gasteiger partial charge in [0.05, 0.1) is 12.4 Å². The molecule has 3 heteroatoms. The molecule has 0 bridgehead atoms. The lowest BCUT2D eigenvalue weighted by molar-refractivity contribution is -0.672. The standard InChI is InChI=1S/C30H39N2O/c1-2-3-4-5-6-7-8-9-10-12-15-26-18-20-27(21-19-26)29-24-31-22-23-32(29)25-30(33)28-16-13-11-14-17-28/h11,13-14,16-24H,2-10,12,15,25H2,1H3/q+1. The van der Waals surface area contributed by atoms with Crippen LogP contribution in [-0.4, -0.2) is 10.8 Å². The van der Waals surface area contributed by atoms with Gasteiger partial charge >= 0.3 is 0 Å². The average Bonchev–Trinajstić information content (AvgIpc) is 2.86. The zero-order chi connectivity index (χ0) is 23.1. The summed E-state index contributed by atoms with van der Waals surface area (Å²) in [5.74, 6) is 0.102. The molecule has 0 saturated carbocycles. The number of hydrogen-bond acceptors (Lipinski definition) is 2. The van der Waals surface area contributed by atoms with Gasteiger partial charge in [0.2, 0.25) is 18.0 Å². The second-order valence-corrected chi connectivity index (χ2v) is 9.01. The van der Waals surface area contributed by atoms with E-state index in [0.717, 1.165) is 23.2 Å². The van der Waals surface area contributed by atoms with Gasteiger partial charge in [-0.3, -0.25) is 9.78 Å². The van der Waals surface area contributed by atoms with E-state index in [2.05, 4.69) is 36.2 Å². The van der Waals surface area contributed by atoms with E-state index in [4.69, 9.17) is 0 Å². The highest BCUT2D eigenvalue weighted by Gasteiger charge is 2.18. The van der Waals surface area contributed by atoms with E-state index < -0.39 is 0 Å². The summed E-state index contributed by atoms with van der Waals surface area (Å²) in [6.07, 6.45) is 20.3. The van der Waals surface area contributed by atoms with Crippen molar-refractivity contribution in [3.05, 3.63) is 84.3 Å². The van der Waals surface area contributed by atoms with Crippen LogP contribution >= 0.6 is 0 Å². The normalized spacial score (nSPS) is 10.9. The molecular weight excluding hydrogens is 404 g/mol. The highest BCUT2D eigenvalue weighted by molar-refractivity contribution is 5.95. The van der Waals surface area contributed by atoms with Crippen LogP contribution in [-0.2, 0) is 13.0 Å². The van der Waals surface area contributed by atoms with Gasteiger partial charge in [0, 0.05) is 11.1 Å². The Bertz CT molecular complexity index is 951. The number of aryl methyl sites for hydroxylation is 1. The molecule has 0 radical (unpaired) electrons. The molecule has 0 fully saturated rings. The van der Waals surface area contributed by atoms with Gasteiger partial charge in [-0.2, -0.15) is 4.57 Å². The fourth-order valence-corrected chi connectivity index (χ4v) is 4.29. The van der Waals surface area contributed by atoms with Crippen LogP contribution in [0.3, 0.4) is 0 Å². The van der Waals surface area contributed by atoms with Crippen molar-refractivity contribution in [2.24, 2.45) is 0 Å².